The average molecular weight is 293 g/mol. The van der Waals surface area contributed by atoms with Crippen LogP contribution in [0.4, 0.5) is 13.2 Å². The van der Waals surface area contributed by atoms with E-state index in [1.807, 2.05) is 13.0 Å². The van der Waals surface area contributed by atoms with Crippen LogP contribution < -0.4 is 5.32 Å². The Morgan fingerprint density at radius 3 is 2.14 bits per heavy atom. The van der Waals surface area contributed by atoms with E-state index in [1.54, 1.807) is 6.07 Å². The number of hydrogen-bond donors (Lipinski definition) is 1. The summed E-state index contributed by atoms with van der Waals surface area (Å²) in [5, 5.41) is 3.18. The Bertz CT molecular complexity index is 618. The van der Waals surface area contributed by atoms with Crippen LogP contribution in [0.2, 0.25) is 0 Å². The lowest BCUT2D eigenvalue weighted by molar-refractivity contribution is -0.137. The number of halogens is 3. The van der Waals surface area contributed by atoms with Gasteiger partial charge in [0.25, 0.3) is 0 Å². The van der Waals surface area contributed by atoms with Gasteiger partial charge in [0, 0.05) is 13.1 Å². The molecule has 2 rings (SSSR count). The van der Waals surface area contributed by atoms with Crippen LogP contribution in [0, 0.1) is 13.8 Å². The monoisotopic (exact) mass is 293 g/mol. The lowest BCUT2D eigenvalue weighted by atomic mass is 10.1. The molecular formula is C17H18F3N. The van der Waals surface area contributed by atoms with Crippen molar-refractivity contribution in [3.63, 3.8) is 0 Å². The van der Waals surface area contributed by atoms with Crippen molar-refractivity contribution in [2.45, 2.75) is 33.1 Å². The van der Waals surface area contributed by atoms with Crippen LogP contribution in [-0.4, -0.2) is 0 Å². The van der Waals surface area contributed by atoms with Gasteiger partial charge in [-0.05, 0) is 42.2 Å². The fourth-order valence-corrected chi connectivity index (χ4v) is 2.12. The van der Waals surface area contributed by atoms with Gasteiger partial charge in [-0.2, -0.15) is 13.2 Å². The maximum absolute atomic E-state index is 12.6. The highest BCUT2D eigenvalue weighted by molar-refractivity contribution is 5.30. The minimum Gasteiger partial charge on any atom is -0.309 e. The Labute approximate surface area is 122 Å². The lowest BCUT2D eigenvalue weighted by Gasteiger charge is -2.10. The summed E-state index contributed by atoms with van der Waals surface area (Å²) in [5.41, 5.74) is 3.61. The summed E-state index contributed by atoms with van der Waals surface area (Å²) < 4.78 is 37.9. The summed E-state index contributed by atoms with van der Waals surface area (Å²) in [6.45, 7) is 5.15. The summed E-state index contributed by atoms with van der Waals surface area (Å²) in [4.78, 5) is 0. The van der Waals surface area contributed by atoms with Gasteiger partial charge >= 0.3 is 6.18 Å². The van der Waals surface area contributed by atoms with E-state index in [-0.39, 0.29) is 0 Å². The molecule has 0 heterocycles. The van der Waals surface area contributed by atoms with Gasteiger partial charge in [0.15, 0.2) is 0 Å². The van der Waals surface area contributed by atoms with Crippen molar-refractivity contribution < 1.29 is 13.2 Å². The molecule has 0 saturated heterocycles. The Hall–Kier alpha value is -1.81. The molecule has 1 N–H and O–H groups in total. The SMILES string of the molecule is Cc1ccc(CNCc2cccc(C(F)(F)F)c2)cc1C. The summed E-state index contributed by atoms with van der Waals surface area (Å²) in [6.07, 6.45) is -4.29. The van der Waals surface area contributed by atoms with Crippen molar-refractivity contribution in [2.24, 2.45) is 0 Å². The molecule has 0 saturated carbocycles. The van der Waals surface area contributed by atoms with E-state index < -0.39 is 11.7 Å². The molecular weight excluding hydrogens is 275 g/mol. The number of nitrogens with one attached hydrogen (secondary N) is 1. The first kappa shape index (κ1) is 15.6. The zero-order chi connectivity index (χ0) is 15.5. The molecule has 0 spiro atoms. The first-order chi connectivity index (χ1) is 9.86. The highest BCUT2D eigenvalue weighted by atomic mass is 19.4. The number of alkyl halides is 3. The molecule has 2 aromatic rings. The van der Waals surface area contributed by atoms with Crippen LogP contribution in [0.1, 0.15) is 27.8 Å². The first-order valence-corrected chi connectivity index (χ1v) is 6.79. The molecule has 112 valence electrons. The van der Waals surface area contributed by atoms with Gasteiger partial charge in [-0.3, -0.25) is 0 Å². The molecule has 0 bridgehead atoms. The van der Waals surface area contributed by atoms with Crippen LogP contribution >= 0.6 is 0 Å². The van der Waals surface area contributed by atoms with Crippen molar-refractivity contribution >= 4 is 0 Å². The van der Waals surface area contributed by atoms with Crippen LogP contribution in [0.5, 0.6) is 0 Å². The van der Waals surface area contributed by atoms with E-state index in [0.717, 1.165) is 11.6 Å². The number of rotatable bonds is 4. The molecule has 0 amide bonds. The second-order valence-corrected chi connectivity index (χ2v) is 5.22. The van der Waals surface area contributed by atoms with Gasteiger partial charge in [0.05, 0.1) is 5.56 Å². The highest BCUT2D eigenvalue weighted by Crippen LogP contribution is 2.29. The summed E-state index contributed by atoms with van der Waals surface area (Å²) >= 11 is 0. The van der Waals surface area contributed by atoms with Crippen molar-refractivity contribution in [3.8, 4) is 0 Å². The van der Waals surface area contributed by atoms with Crippen molar-refractivity contribution in [1.29, 1.82) is 0 Å². The molecule has 0 aliphatic carbocycles. The molecule has 1 nitrogen and oxygen atoms in total. The fourth-order valence-electron chi connectivity index (χ4n) is 2.12. The number of hydrogen-bond acceptors (Lipinski definition) is 1. The third kappa shape index (κ3) is 4.33. The topological polar surface area (TPSA) is 12.0 Å². The first-order valence-electron chi connectivity index (χ1n) is 6.79. The largest absolute Gasteiger partial charge is 0.416 e. The Morgan fingerprint density at radius 1 is 0.857 bits per heavy atom. The molecule has 2 aromatic carbocycles. The van der Waals surface area contributed by atoms with Crippen molar-refractivity contribution in [3.05, 3.63) is 70.3 Å². The quantitative estimate of drug-likeness (QED) is 0.868. The van der Waals surface area contributed by atoms with Gasteiger partial charge in [-0.15, -0.1) is 0 Å². The Kier molecular flexibility index (Phi) is 4.68. The van der Waals surface area contributed by atoms with Gasteiger partial charge in [0.2, 0.25) is 0 Å². The van der Waals surface area contributed by atoms with E-state index in [1.165, 1.54) is 23.3 Å². The van der Waals surface area contributed by atoms with Gasteiger partial charge < -0.3 is 5.32 Å². The fraction of sp³-hybridized carbons (Fsp3) is 0.294. The predicted octanol–water partition coefficient (Wildman–Crippen LogP) is 4.61. The molecule has 0 fully saturated rings. The zero-order valence-electron chi connectivity index (χ0n) is 12.1. The lowest BCUT2D eigenvalue weighted by Crippen LogP contribution is -2.14. The Balaban J connectivity index is 1.96. The van der Waals surface area contributed by atoms with Gasteiger partial charge in [-0.25, -0.2) is 0 Å². The minimum atomic E-state index is -4.29. The second kappa shape index (κ2) is 6.31. The maximum atomic E-state index is 12.6. The number of benzene rings is 2. The molecule has 0 atom stereocenters. The molecule has 0 aliphatic heterocycles. The van der Waals surface area contributed by atoms with E-state index in [9.17, 15) is 13.2 Å². The molecule has 0 unspecified atom stereocenters. The molecule has 0 radical (unpaired) electrons. The molecule has 4 heteroatoms. The van der Waals surface area contributed by atoms with Gasteiger partial charge in [0.1, 0.15) is 0 Å². The van der Waals surface area contributed by atoms with Gasteiger partial charge in [-0.1, -0.05) is 36.4 Å². The summed E-state index contributed by atoms with van der Waals surface area (Å²) in [6, 6.07) is 11.6. The predicted molar refractivity (Wildman–Crippen MR) is 77.9 cm³/mol. The van der Waals surface area contributed by atoms with E-state index in [2.05, 4.69) is 24.4 Å². The van der Waals surface area contributed by atoms with E-state index in [4.69, 9.17) is 0 Å². The zero-order valence-corrected chi connectivity index (χ0v) is 12.1. The smallest absolute Gasteiger partial charge is 0.309 e. The van der Waals surface area contributed by atoms with Crippen LogP contribution in [0.25, 0.3) is 0 Å². The van der Waals surface area contributed by atoms with Crippen molar-refractivity contribution in [1.82, 2.24) is 5.32 Å². The van der Waals surface area contributed by atoms with E-state index >= 15 is 0 Å². The second-order valence-electron chi connectivity index (χ2n) is 5.22. The minimum absolute atomic E-state index is 0.414. The summed E-state index contributed by atoms with van der Waals surface area (Å²) in [7, 11) is 0. The van der Waals surface area contributed by atoms with Crippen molar-refractivity contribution in [2.75, 3.05) is 0 Å². The number of aryl methyl sites for hydroxylation is 2. The normalized spacial score (nSPS) is 11.7. The van der Waals surface area contributed by atoms with Crippen LogP contribution in [0.3, 0.4) is 0 Å². The Morgan fingerprint density at radius 2 is 1.52 bits per heavy atom. The third-order valence-electron chi connectivity index (χ3n) is 3.48. The highest BCUT2D eigenvalue weighted by Gasteiger charge is 2.30. The molecule has 21 heavy (non-hydrogen) atoms. The van der Waals surface area contributed by atoms with Crippen LogP contribution in [0.15, 0.2) is 42.5 Å². The summed E-state index contributed by atoms with van der Waals surface area (Å²) in [5.74, 6) is 0. The standard InChI is InChI=1S/C17H18F3N/c1-12-6-7-15(8-13(12)2)11-21-10-14-4-3-5-16(9-14)17(18,19)20/h3-9,21H,10-11H2,1-2H3. The third-order valence-corrected chi connectivity index (χ3v) is 3.48. The average Bonchev–Trinajstić information content (AvgIpc) is 2.42. The molecule has 0 aliphatic rings. The van der Waals surface area contributed by atoms with E-state index in [0.29, 0.717) is 18.7 Å². The molecule has 0 aromatic heterocycles. The van der Waals surface area contributed by atoms with Crippen LogP contribution in [-0.2, 0) is 19.3 Å². The maximum Gasteiger partial charge on any atom is 0.416 e.